The summed E-state index contributed by atoms with van der Waals surface area (Å²) in [5.74, 6) is 0. The zero-order chi connectivity index (χ0) is 6.53. The first-order valence-corrected chi connectivity index (χ1v) is 3.86. The predicted molar refractivity (Wildman–Crippen MR) is 60.0 cm³/mol. The lowest BCUT2D eigenvalue weighted by Gasteiger charge is -2.15. The summed E-state index contributed by atoms with van der Waals surface area (Å²) in [6.07, 6.45) is 4.98. The summed E-state index contributed by atoms with van der Waals surface area (Å²) in [6, 6.07) is 0.456. The van der Waals surface area contributed by atoms with E-state index in [0.717, 1.165) is 13.0 Å². The molecular weight excluding hydrogens is 172 g/mol. The molecule has 78 valence electrons. The molecule has 1 rings (SSSR count). The molecule has 2 nitrogen and oxygen atoms in total. The van der Waals surface area contributed by atoms with Crippen molar-refractivity contribution < 1.29 is 0 Å². The quantitative estimate of drug-likeness (QED) is 0.624. The Bertz CT molecular complexity index is 70.9. The highest BCUT2D eigenvalue weighted by atomic mass is 35.5. The van der Waals surface area contributed by atoms with Crippen molar-refractivity contribution in [2.75, 3.05) is 13.1 Å². The second kappa shape index (κ2) is 11.2. The molecular formula is C9H25ClN2. The molecule has 3 heteroatoms. The number of nitrogens with two attached hydrogens (primary N) is 1. The van der Waals surface area contributed by atoms with Crippen LogP contribution < -0.4 is 11.1 Å². The van der Waals surface area contributed by atoms with Crippen LogP contribution in [0.25, 0.3) is 0 Å². The molecule has 1 heterocycles. The van der Waals surface area contributed by atoms with E-state index in [0.29, 0.717) is 6.04 Å². The predicted octanol–water partition coefficient (Wildman–Crippen LogP) is 2.17. The van der Waals surface area contributed by atoms with Gasteiger partial charge in [0.1, 0.15) is 0 Å². The highest BCUT2D eigenvalue weighted by molar-refractivity contribution is 5.85. The van der Waals surface area contributed by atoms with Gasteiger partial charge in [-0.15, -0.1) is 12.4 Å². The van der Waals surface area contributed by atoms with Crippen molar-refractivity contribution in [1.82, 2.24) is 5.32 Å². The standard InChI is InChI=1S/C7H16N2.2CH4.ClH/c8-7-3-1-2-5-9-6-4-7;;;/h7,9H,1-6,8H2;2*1H4;1H/t7-;;;/m1.../s1. The van der Waals surface area contributed by atoms with Crippen LogP contribution in [-0.2, 0) is 0 Å². The first-order valence-electron chi connectivity index (χ1n) is 3.86. The molecule has 1 saturated heterocycles. The molecule has 1 aliphatic heterocycles. The highest BCUT2D eigenvalue weighted by Crippen LogP contribution is 2.03. The fourth-order valence-corrected chi connectivity index (χ4v) is 1.21. The third-order valence-electron chi connectivity index (χ3n) is 1.87. The summed E-state index contributed by atoms with van der Waals surface area (Å²) >= 11 is 0. The van der Waals surface area contributed by atoms with Crippen molar-refractivity contribution in [1.29, 1.82) is 0 Å². The SMILES string of the molecule is C.C.Cl.N[C@@H]1CCCCNCC1. The maximum absolute atomic E-state index is 5.76. The molecule has 0 spiro atoms. The maximum Gasteiger partial charge on any atom is 0.00509 e. The summed E-state index contributed by atoms with van der Waals surface area (Å²) in [6.45, 7) is 2.30. The van der Waals surface area contributed by atoms with Crippen LogP contribution in [0, 0.1) is 0 Å². The molecule has 12 heavy (non-hydrogen) atoms. The first-order chi connectivity index (χ1) is 4.39. The zero-order valence-corrected chi connectivity index (χ0v) is 7.12. The summed E-state index contributed by atoms with van der Waals surface area (Å²) in [4.78, 5) is 0. The third-order valence-corrected chi connectivity index (χ3v) is 1.87. The van der Waals surface area contributed by atoms with E-state index in [4.69, 9.17) is 5.73 Å². The van der Waals surface area contributed by atoms with Gasteiger partial charge in [-0.1, -0.05) is 21.3 Å². The highest BCUT2D eigenvalue weighted by Gasteiger charge is 2.03. The number of halogens is 1. The summed E-state index contributed by atoms with van der Waals surface area (Å²) in [5.41, 5.74) is 5.76. The Morgan fingerprint density at radius 2 is 1.67 bits per heavy atom. The van der Waals surface area contributed by atoms with Crippen molar-refractivity contribution in [2.24, 2.45) is 5.73 Å². The van der Waals surface area contributed by atoms with E-state index in [1.807, 2.05) is 0 Å². The number of rotatable bonds is 0. The van der Waals surface area contributed by atoms with Gasteiger partial charge in [-0.05, 0) is 32.4 Å². The van der Waals surface area contributed by atoms with Gasteiger partial charge in [-0.2, -0.15) is 0 Å². The molecule has 0 bridgehead atoms. The Hall–Kier alpha value is 0.210. The molecule has 0 aromatic carbocycles. The molecule has 0 amide bonds. The average molecular weight is 197 g/mol. The van der Waals surface area contributed by atoms with Gasteiger partial charge in [0.2, 0.25) is 0 Å². The molecule has 1 aliphatic rings. The number of nitrogens with one attached hydrogen (secondary N) is 1. The van der Waals surface area contributed by atoms with Crippen molar-refractivity contribution in [3.8, 4) is 0 Å². The van der Waals surface area contributed by atoms with E-state index in [1.54, 1.807) is 0 Å². The van der Waals surface area contributed by atoms with Crippen LogP contribution in [0.15, 0.2) is 0 Å². The molecule has 1 atom stereocenters. The molecule has 0 unspecified atom stereocenters. The molecule has 0 aromatic heterocycles. The second-order valence-corrected chi connectivity index (χ2v) is 2.79. The maximum atomic E-state index is 5.76. The lowest BCUT2D eigenvalue weighted by atomic mass is 10.1. The smallest absolute Gasteiger partial charge is 0.00509 e. The second-order valence-electron chi connectivity index (χ2n) is 2.79. The van der Waals surface area contributed by atoms with Crippen molar-refractivity contribution in [2.45, 2.75) is 46.6 Å². The Morgan fingerprint density at radius 3 is 2.33 bits per heavy atom. The minimum Gasteiger partial charge on any atom is -0.328 e. The van der Waals surface area contributed by atoms with Gasteiger partial charge >= 0.3 is 0 Å². The van der Waals surface area contributed by atoms with E-state index < -0.39 is 0 Å². The first kappa shape index (κ1) is 18.1. The summed E-state index contributed by atoms with van der Waals surface area (Å²) in [7, 11) is 0. The zero-order valence-electron chi connectivity index (χ0n) is 6.31. The number of hydrogen-bond acceptors (Lipinski definition) is 2. The summed E-state index contributed by atoms with van der Waals surface area (Å²) < 4.78 is 0. The minimum absolute atomic E-state index is 0. The van der Waals surface area contributed by atoms with Gasteiger partial charge in [0.25, 0.3) is 0 Å². The molecule has 0 aliphatic carbocycles. The van der Waals surface area contributed by atoms with E-state index in [2.05, 4.69) is 5.32 Å². The Kier molecular flexibility index (Phi) is 16.9. The van der Waals surface area contributed by atoms with Crippen LogP contribution in [0.4, 0.5) is 0 Å². The van der Waals surface area contributed by atoms with E-state index in [-0.39, 0.29) is 27.3 Å². The van der Waals surface area contributed by atoms with Gasteiger partial charge in [0.15, 0.2) is 0 Å². The summed E-state index contributed by atoms with van der Waals surface area (Å²) in [5, 5.41) is 3.34. The van der Waals surface area contributed by atoms with Gasteiger partial charge in [-0.3, -0.25) is 0 Å². The Morgan fingerprint density at radius 1 is 1.00 bits per heavy atom. The van der Waals surface area contributed by atoms with Crippen LogP contribution in [-0.4, -0.2) is 19.1 Å². The fourth-order valence-electron chi connectivity index (χ4n) is 1.21. The van der Waals surface area contributed by atoms with E-state index in [1.165, 1.54) is 25.8 Å². The molecule has 0 aromatic rings. The largest absolute Gasteiger partial charge is 0.328 e. The lowest BCUT2D eigenvalue weighted by molar-refractivity contribution is 0.465. The minimum atomic E-state index is 0. The van der Waals surface area contributed by atoms with Crippen LogP contribution in [0.2, 0.25) is 0 Å². The number of hydrogen-bond donors (Lipinski definition) is 2. The fraction of sp³-hybridized carbons (Fsp3) is 1.00. The van der Waals surface area contributed by atoms with Crippen molar-refractivity contribution >= 4 is 12.4 Å². The van der Waals surface area contributed by atoms with Crippen LogP contribution in [0.1, 0.15) is 40.5 Å². The van der Waals surface area contributed by atoms with E-state index >= 15 is 0 Å². The lowest BCUT2D eigenvalue weighted by Crippen LogP contribution is -2.29. The third kappa shape index (κ3) is 8.31. The van der Waals surface area contributed by atoms with E-state index in [9.17, 15) is 0 Å². The van der Waals surface area contributed by atoms with Crippen molar-refractivity contribution in [3.05, 3.63) is 0 Å². The Labute approximate surface area is 83.7 Å². The van der Waals surface area contributed by atoms with Crippen LogP contribution >= 0.6 is 12.4 Å². The normalized spacial score (nSPS) is 23.2. The van der Waals surface area contributed by atoms with Crippen LogP contribution in [0.5, 0.6) is 0 Å². The molecule has 3 N–H and O–H groups in total. The van der Waals surface area contributed by atoms with Crippen LogP contribution in [0.3, 0.4) is 0 Å². The van der Waals surface area contributed by atoms with Crippen molar-refractivity contribution in [3.63, 3.8) is 0 Å². The van der Waals surface area contributed by atoms with Gasteiger partial charge in [-0.25, -0.2) is 0 Å². The van der Waals surface area contributed by atoms with Gasteiger partial charge < -0.3 is 11.1 Å². The monoisotopic (exact) mass is 196 g/mol. The Balaban J connectivity index is -0.000000270. The van der Waals surface area contributed by atoms with Gasteiger partial charge in [0, 0.05) is 6.04 Å². The topological polar surface area (TPSA) is 38.0 Å². The molecule has 0 saturated carbocycles. The molecule has 1 fully saturated rings. The van der Waals surface area contributed by atoms with Gasteiger partial charge in [0.05, 0.1) is 0 Å². The average Bonchev–Trinajstić information content (AvgIpc) is 1.79. The molecule has 0 radical (unpaired) electrons.